The molecule has 1 spiro atoms. The number of carbonyl (C=O) groups is 1. The van der Waals surface area contributed by atoms with E-state index in [9.17, 15) is 4.79 Å². The van der Waals surface area contributed by atoms with Gasteiger partial charge in [-0.1, -0.05) is 32.9 Å². The number of para-hydroxylation sites is 2. The monoisotopic (exact) mass is 382 g/mol. The molecule has 1 amide bonds. The van der Waals surface area contributed by atoms with Crippen molar-refractivity contribution in [2.75, 3.05) is 26.2 Å². The Labute approximate surface area is 168 Å². The van der Waals surface area contributed by atoms with Crippen molar-refractivity contribution in [1.29, 1.82) is 0 Å². The van der Waals surface area contributed by atoms with E-state index >= 15 is 0 Å². The predicted molar refractivity (Wildman–Crippen MR) is 113 cm³/mol. The van der Waals surface area contributed by atoms with E-state index in [0.29, 0.717) is 5.91 Å². The summed E-state index contributed by atoms with van der Waals surface area (Å²) in [4.78, 5) is 22.8. The zero-order valence-electron chi connectivity index (χ0n) is 17.9. The Hall–Kier alpha value is -1.88. The number of rotatable bonds is 4. The Morgan fingerprint density at radius 2 is 1.93 bits per heavy atom. The third-order valence-electron chi connectivity index (χ3n) is 6.34. The zero-order chi connectivity index (χ0) is 19.9. The second kappa shape index (κ2) is 7.18. The molecule has 2 saturated heterocycles. The molecule has 3 heterocycles. The topological polar surface area (TPSA) is 41.4 Å². The highest BCUT2D eigenvalue weighted by Crippen LogP contribution is 2.41. The molecular weight excluding hydrogens is 348 g/mol. The molecule has 0 aliphatic carbocycles. The number of aromatic nitrogens is 2. The molecular formula is C23H34N4O. The first-order chi connectivity index (χ1) is 13.3. The summed E-state index contributed by atoms with van der Waals surface area (Å²) in [6.07, 6.45) is 3.15. The van der Waals surface area contributed by atoms with Crippen molar-refractivity contribution in [3.8, 4) is 0 Å². The Balaban J connectivity index is 1.50. The van der Waals surface area contributed by atoms with Gasteiger partial charge in [0.1, 0.15) is 5.82 Å². The Morgan fingerprint density at radius 1 is 1.14 bits per heavy atom. The lowest BCUT2D eigenvalue weighted by atomic mass is 9.77. The van der Waals surface area contributed by atoms with E-state index in [-0.39, 0.29) is 10.8 Å². The van der Waals surface area contributed by atoms with Crippen LogP contribution in [0.3, 0.4) is 0 Å². The Bertz CT molecular complexity index is 865. The van der Waals surface area contributed by atoms with Crippen LogP contribution in [-0.2, 0) is 17.9 Å². The highest BCUT2D eigenvalue weighted by atomic mass is 16.2. The van der Waals surface area contributed by atoms with Gasteiger partial charge in [-0.05, 0) is 50.3 Å². The number of likely N-dealkylation sites (tertiary alicyclic amines) is 2. The quantitative estimate of drug-likeness (QED) is 0.805. The highest BCUT2D eigenvalue weighted by molar-refractivity contribution is 5.84. The SMILES string of the molecule is CCn1c(CN2CCC3(CCCN(CC(C)(C)C)C3=O)C2)nc2ccccc21. The average molecular weight is 383 g/mol. The molecule has 5 nitrogen and oxygen atoms in total. The lowest BCUT2D eigenvalue weighted by molar-refractivity contribution is -0.147. The van der Waals surface area contributed by atoms with E-state index in [2.05, 4.69) is 66.3 Å². The average Bonchev–Trinajstić information content (AvgIpc) is 3.19. The largest absolute Gasteiger partial charge is 0.342 e. The van der Waals surface area contributed by atoms with Crippen molar-refractivity contribution in [2.45, 2.75) is 60.0 Å². The van der Waals surface area contributed by atoms with Gasteiger partial charge in [0.2, 0.25) is 5.91 Å². The van der Waals surface area contributed by atoms with Crippen LogP contribution in [0.4, 0.5) is 0 Å². The molecule has 1 aromatic carbocycles. The van der Waals surface area contributed by atoms with Crippen molar-refractivity contribution in [2.24, 2.45) is 10.8 Å². The smallest absolute Gasteiger partial charge is 0.230 e. The second-order valence-corrected chi connectivity index (χ2v) is 9.89. The number of fused-ring (bicyclic) bond motifs is 1. The molecule has 1 atom stereocenters. The van der Waals surface area contributed by atoms with Crippen LogP contribution in [0.15, 0.2) is 24.3 Å². The lowest BCUT2D eigenvalue weighted by Crippen LogP contribution is -2.52. The molecule has 28 heavy (non-hydrogen) atoms. The fraction of sp³-hybridized carbons (Fsp3) is 0.652. The molecule has 1 aromatic heterocycles. The summed E-state index contributed by atoms with van der Waals surface area (Å²) in [6, 6.07) is 8.37. The fourth-order valence-electron chi connectivity index (χ4n) is 5.15. The van der Waals surface area contributed by atoms with Gasteiger partial charge in [0.15, 0.2) is 0 Å². The molecule has 4 rings (SSSR count). The number of hydrogen-bond donors (Lipinski definition) is 0. The number of piperidine rings is 1. The molecule has 2 aromatic rings. The second-order valence-electron chi connectivity index (χ2n) is 9.89. The van der Waals surface area contributed by atoms with E-state index in [4.69, 9.17) is 4.98 Å². The normalized spacial score (nSPS) is 24.0. The van der Waals surface area contributed by atoms with E-state index < -0.39 is 0 Å². The van der Waals surface area contributed by atoms with Gasteiger partial charge in [0.25, 0.3) is 0 Å². The van der Waals surface area contributed by atoms with Crippen LogP contribution in [0.1, 0.15) is 52.8 Å². The lowest BCUT2D eigenvalue weighted by Gasteiger charge is -2.42. The van der Waals surface area contributed by atoms with Crippen LogP contribution < -0.4 is 0 Å². The molecule has 2 fully saturated rings. The standard InChI is InChI=1S/C23H34N4O/c1-5-27-19-10-7-6-9-18(19)24-20(27)15-25-14-12-23(17-25)11-8-13-26(21(23)28)16-22(2,3)4/h6-7,9-10H,5,8,11-17H2,1-4H3. The minimum atomic E-state index is -0.174. The van der Waals surface area contributed by atoms with Gasteiger partial charge in [-0.15, -0.1) is 0 Å². The van der Waals surface area contributed by atoms with Crippen LogP contribution >= 0.6 is 0 Å². The van der Waals surface area contributed by atoms with E-state index in [0.717, 1.165) is 69.9 Å². The molecule has 5 heteroatoms. The molecule has 0 radical (unpaired) electrons. The number of nitrogens with zero attached hydrogens (tertiary/aromatic N) is 4. The number of hydrogen-bond acceptors (Lipinski definition) is 3. The molecule has 0 N–H and O–H groups in total. The number of amides is 1. The molecule has 0 bridgehead atoms. The maximum Gasteiger partial charge on any atom is 0.230 e. The summed E-state index contributed by atoms with van der Waals surface area (Å²) in [7, 11) is 0. The van der Waals surface area contributed by atoms with Crippen molar-refractivity contribution in [3.63, 3.8) is 0 Å². The minimum absolute atomic E-state index is 0.151. The predicted octanol–water partition coefficient (Wildman–Crippen LogP) is 3.92. The first kappa shape index (κ1) is 19.4. The summed E-state index contributed by atoms with van der Waals surface area (Å²) in [6.45, 7) is 14.2. The maximum absolute atomic E-state index is 13.4. The Morgan fingerprint density at radius 3 is 2.68 bits per heavy atom. The van der Waals surface area contributed by atoms with Gasteiger partial charge in [0.05, 0.1) is 23.0 Å². The van der Waals surface area contributed by atoms with E-state index in [1.165, 1.54) is 5.52 Å². The number of imidazole rings is 1. The van der Waals surface area contributed by atoms with E-state index in [1.54, 1.807) is 0 Å². The van der Waals surface area contributed by atoms with Crippen molar-refractivity contribution < 1.29 is 4.79 Å². The molecule has 2 aliphatic heterocycles. The summed E-state index contributed by atoms with van der Waals surface area (Å²) >= 11 is 0. The van der Waals surface area contributed by atoms with Crippen molar-refractivity contribution in [3.05, 3.63) is 30.1 Å². The third-order valence-corrected chi connectivity index (χ3v) is 6.34. The van der Waals surface area contributed by atoms with Crippen molar-refractivity contribution >= 4 is 16.9 Å². The molecule has 2 aliphatic rings. The maximum atomic E-state index is 13.4. The fourth-order valence-corrected chi connectivity index (χ4v) is 5.15. The van der Waals surface area contributed by atoms with Crippen LogP contribution in [-0.4, -0.2) is 51.4 Å². The van der Waals surface area contributed by atoms with Gasteiger partial charge in [-0.25, -0.2) is 4.98 Å². The summed E-state index contributed by atoms with van der Waals surface area (Å²) in [5.74, 6) is 1.51. The number of aryl methyl sites for hydroxylation is 1. The third kappa shape index (κ3) is 3.57. The number of benzene rings is 1. The minimum Gasteiger partial charge on any atom is -0.342 e. The van der Waals surface area contributed by atoms with Gasteiger partial charge in [-0.3, -0.25) is 9.69 Å². The van der Waals surface area contributed by atoms with Crippen LogP contribution in [0.25, 0.3) is 11.0 Å². The van der Waals surface area contributed by atoms with Gasteiger partial charge in [-0.2, -0.15) is 0 Å². The zero-order valence-corrected chi connectivity index (χ0v) is 17.9. The van der Waals surface area contributed by atoms with Gasteiger partial charge < -0.3 is 9.47 Å². The van der Waals surface area contributed by atoms with Gasteiger partial charge >= 0.3 is 0 Å². The molecule has 1 unspecified atom stereocenters. The first-order valence-electron chi connectivity index (χ1n) is 10.8. The van der Waals surface area contributed by atoms with E-state index in [1.807, 2.05) is 0 Å². The summed E-state index contributed by atoms with van der Waals surface area (Å²) in [5.41, 5.74) is 2.25. The summed E-state index contributed by atoms with van der Waals surface area (Å²) in [5, 5.41) is 0. The van der Waals surface area contributed by atoms with Crippen LogP contribution in [0, 0.1) is 10.8 Å². The molecule has 0 saturated carbocycles. The highest BCUT2D eigenvalue weighted by Gasteiger charge is 2.48. The summed E-state index contributed by atoms with van der Waals surface area (Å²) < 4.78 is 2.31. The molecule has 152 valence electrons. The Kier molecular flexibility index (Phi) is 4.98. The number of carbonyl (C=O) groups excluding carboxylic acids is 1. The van der Waals surface area contributed by atoms with Crippen LogP contribution in [0.5, 0.6) is 0 Å². The van der Waals surface area contributed by atoms with Gasteiger partial charge in [0, 0.05) is 26.2 Å². The van der Waals surface area contributed by atoms with Crippen molar-refractivity contribution in [1.82, 2.24) is 19.4 Å². The van der Waals surface area contributed by atoms with Crippen LogP contribution in [0.2, 0.25) is 0 Å². The first-order valence-corrected chi connectivity index (χ1v) is 10.8.